The Morgan fingerprint density at radius 2 is 2.00 bits per heavy atom. The number of esters is 1. The lowest BCUT2D eigenvalue weighted by Gasteiger charge is -2.13. The maximum absolute atomic E-state index is 11.3. The summed E-state index contributed by atoms with van der Waals surface area (Å²) in [6.07, 6.45) is 0.342. The third-order valence-corrected chi connectivity index (χ3v) is 1.84. The summed E-state index contributed by atoms with van der Waals surface area (Å²) < 4.78 is 4.70. The van der Waals surface area contributed by atoms with Crippen molar-refractivity contribution in [3.63, 3.8) is 0 Å². The minimum Gasteiger partial charge on any atom is -0.466 e. The highest BCUT2D eigenvalue weighted by molar-refractivity contribution is 5.84. The number of carbonyl (C=O) groups excluding carboxylic acids is 2. The van der Waals surface area contributed by atoms with Crippen LogP contribution in [0.5, 0.6) is 0 Å². The van der Waals surface area contributed by atoms with Gasteiger partial charge in [-0.05, 0) is 14.0 Å². The molecule has 0 saturated carbocycles. The van der Waals surface area contributed by atoms with Crippen molar-refractivity contribution in [3.8, 4) is 0 Å². The van der Waals surface area contributed by atoms with Crippen molar-refractivity contribution in [2.24, 2.45) is 0 Å². The van der Waals surface area contributed by atoms with Crippen LogP contribution in [-0.4, -0.2) is 55.1 Å². The molecule has 0 aromatic heterocycles. The molecule has 0 fully saturated rings. The molecule has 0 unspecified atom stereocenters. The van der Waals surface area contributed by atoms with E-state index in [0.29, 0.717) is 13.2 Å². The Morgan fingerprint density at radius 1 is 1.33 bits per heavy atom. The van der Waals surface area contributed by atoms with Gasteiger partial charge in [0.15, 0.2) is 0 Å². The summed E-state index contributed by atoms with van der Waals surface area (Å²) >= 11 is 0. The van der Waals surface area contributed by atoms with Crippen molar-refractivity contribution >= 4 is 11.8 Å². The van der Waals surface area contributed by atoms with E-state index in [1.54, 1.807) is 18.9 Å². The fraction of sp³-hybridized carbons (Fsp3) is 0.800. The lowest BCUT2D eigenvalue weighted by atomic mass is 10.2. The van der Waals surface area contributed by atoms with Gasteiger partial charge in [-0.2, -0.15) is 0 Å². The van der Waals surface area contributed by atoms with E-state index in [9.17, 15) is 9.59 Å². The van der Waals surface area contributed by atoms with Gasteiger partial charge in [-0.3, -0.25) is 14.5 Å². The molecule has 0 bridgehead atoms. The largest absolute Gasteiger partial charge is 0.466 e. The lowest BCUT2D eigenvalue weighted by molar-refractivity contribution is -0.144. The van der Waals surface area contributed by atoms with Crippen LogP contribution in [0.4, 0.5) is 0 Å². The molecule has 0 heterocycles. The SMILES string of the molecule is CCOC(=O)CCC(=O)CN(C)CCO. The van der Waals surface area contributed by atoms with Crippen LogP contribution < -0.4 is 0 Å². The summed E-state index contributed by atoms with van der Waals surface area (Å²) in [6, 6.07) is 0. The molecule has 0 aliphatic rings. The normalized spacial score (nSPS) is 10.4. The number of hydrogen-bond acceptors (Lipinski definition) is 5. The third kappa shape index (κ3) is 8.08. The molecule has 0 radical (unpaired) electrons. The number of ketones is 1. The van der Waals surface area contributed by atoms with E-state index < -0.39 is 0 Å². The van der Waals surface area contributed by atoms with E-state index in [0.717, 1.165) is 0 Å². The fourth-order valence-electron chi connectivity index (χ4n) is 1.10. The number of nitrogens with zero attached hydrogens (tertiary/aromatic N) is 1. The molecular weight excluding hydrogens is 198 g/mol. The van der Waals surface area contributed by atoms with Crippen molar-refractivity contribution in [2.75, 3.05) is 33.4 Å². The van der Waals surface area contributed by atoms with Gasteiger partial charge >= 0.3 is 5.97 Å². The van der Waals surface area contributed by atoms with Gasteiger partial charge in [-0.25, -0.2) is 0 Å². The Bertz CT molecular complexity index is 206. The third-order valence-electron chi connectivity index (χ3n) is 1.84. The van der Waals surface area contributed by atoms with Gasteiger partial charge in [0, 0.05) is 13.0 Å². The second-order valence-electron chi connectivity index (χ2n) is 3.31. The first-order valence-corrected chi connectivity index (χ1v) is 5.06. The second-order valence-corrected chi connectivity index (χ2v) is 3.31. The van der Waals surface area contributed by atoms with Crippen LogP contribution in [-0.2, 0) is 14.3 Å². The Labute approximate surface area is 90.0 Å². The van der Waals surface area contributed by atoms with E-state index >= 15 is 0 Å². The van der Waals surface area contributed by atoms with E-state index in [1.807, 2.05) is 0 Å². The van der Waals surface area contributed by atoms with Crippen LogP contribution in [0.1, 0.15) is 19.8 Å². The van der Waals surface area contributed by atoms with E-state index in [2.05, 4.69) is 0 Å². The summed E-state index contributed by atoms with van der Waals surface area (Å²) in [5.74, 6) is -0.352. The van der Waals surface area contributed by atoms with Gasteiger partial charge in [-0.15, -0.1) is 0 Å². The van der Waals surface area contributed by atoms with E-state index in [-0.39, 0.29) is 37.7 Å². The molecular formula is C10H19NO4. The number of carbonyl (C=O) groups is 2. The molecule has 1 N–H and O–H groups in total. The minimum absolute atomic E-state index is 0.0148. The lowest BCUT2D eigenvalue weighted by Crippen LogP contribution is -2.28. The van der Waals surface area contributed by atoms with Gasteiger partial charge in [0.05, 0.1) is 26.2 Å². The molecule has 0 aromatic carbocycles. The average molecular weight is 217 g/mol. The highest BCUT2D eigenvalue weighted by Crippen LogP contribution is 1.96. The van der Waals surface area contributed by atoms with Crippen molar-refractivity contribution in [3.05, 3.63) is 0 Å². The zero-order valence-corrected chi connectivity index (χ0v) is 9.36. The predicted molar refractivity (Wildman–Crippen MR) is 55.5 cm³/mol. The maximum Gasteiger partial charge on any atom is 0.306 e. The highest BCUT2D eigenvalue weighted by Gasteiger charge is 2.09. The Hall–Kier alpha value is -0.940. The minimum atomic E-state index is -0.337. The smallest absolute Gasteiger partial charge is 0.306 e. The summed E-state index contributed by atoms with van der Waals surface area (Å²) in [4.78, 5) is 24.0. The summed E-state index contributed by atoms with van der Waals surface area (Å²) in [5, 5.41) is 8.61. The number of hydrogen-bond donors (Lipinski definition) is 1. The summed E-state index contributed by atoms with van der Waals surface area (Å²) in [5.41, 5.74) is 0. The van der Waals surface area contributed by atoms with Crippen LogP contribution in [0, 0.1) is 0 Å². The Kier molecular flexibility index (Phi) is 7.85. The molecule has 0 rings (SSSR count). The molecule has 0 spiro atoms. The van der Waals surface area contributed by atoms with Gasteiger partial charge in [-0.1, -0.05) is 0 Å². The molecule has 0 aliphatic heterocycles. The Balaban J connectivity index is 3.61. The van der Waals surface area contributed by atoms with Crippen LogP contribution in [0.2, 0.25) is 0 Å². The molecule has 88 valence electrons. The number of Topliss-reactive ketones (excluding diaryl/α,β-unsaturated/α-hetero) is 1. The van der Waals surface area contributed by atoms with E-state index in [4.69, 9.17) is 9.84 Å². The number of aliphatic hydroxyl groups is 1. The molecule has 0 aliphatic carbocycles. The number of ether oxygens (including phenoxy) is 1. The summed E-state index contributed by atoms with van der Waals surface area (Å²) in [6.45, 7) is 2.83. The number of likely N-dealkylation sites (N-methyl/N-ethyl adjacent to an activating group) is 1. The van der Waals surface area contributed by atoms with Crippen molar-refractivity contribution in [2.45, 2.75) is 19.8 Å². The van der Waals surface area contributed by atoms with Crippen molar-refractivity contribution < 1.29 is 19.4 Å². The van der Waals surface area contributed by atoms with Crippen molar-refractivity contribution in [1.29, 1.82) is 0 Å². The highest BCUT2D eigenvalue weighted by atomic mass is 16.5. The van der Waals surface area contributed by atoms with Crippen LogP contribution in [0.3, 0.4) is 0 Å². The second kappa shape index (κ2) is 8.38. The maximum atomic E-state index is 11.3. The van der Waals surface area contributed by atoms with Gasteiger partial charge in [0.1, 0.15) is 5.78 Å². The molecule has 5 heteroatoms. The standard InChI is InChI=1S/C10H19NO4/c1-3-15-10(14)5-4-9(13)8-11(2)6-7-12/h12H,3-8H2,1-2H3. The van der Waals surface area contributed by atoms with Crippen LogP contribution in [0.25, 0.3) is 0 Å². The predicted octanol–water partition coefficient (Wildman–Crippen LogP) is -0.177. The first-order valence-electron chi connectivity index (χ1n) is 5.06. The average Bonchev–Trinajstić information content (AvgIpc) is 2.15. The molecule has 0 atom stereocenters. The topological polar surface area (TPSA) is 66.8 Å². The molecule has 5 nitrogen and oxygen atoms in total. The monoisotopic (exact) mass is 217 g/mol. The number of rotatable bonds is 8. The molecule has 0 saturated heterocycles. The molecule has 0 aromatic rings. The first kappa shape index (κ1) is 14.1. The summed E-state index contributed by atoms with van der Waals surface area (Å²) in [7, 11) is 1.75. The zero-order valence-electron chi connectivity index (χ0n) is 9.36. The van der Waals surface area contributed by atoms with Gasteiger partial charge in [0.2, 0.25) is 0 Å². The Morgan fingerprint density at radius 3 is 2.53 bits per heavy atom. The first-order chi connectivity index (χ1) is 7.10. The van der Waals surface area contributed by atoms with Crippen molar-refractivity contribution in [1.82, 2.24) is 4.90 Å². The fourth-order valence-corrected chi connectivity index (χ4v) is 1.10. The quantitative estimate of drug-likeness (QED) is 0.571. The zero-order chi connectivity index (χ0) is 11.7. The molecule has 15 heavy (non-hydrogen) atoms. The molecule has 0 amide bonds. The van der Waals surface area contributed by atoms with Gasteiger partial charge in [0.25, 0.3) is 0 Å². The van der Waals surface area contributed by atoms with Crippen LogP contribution in [0.15, 0.2) is 0 Å². The van der Waals surface area contributed by atoms with E-state index in [1.165, 1.54) is 0 Å². The van der Waals surface area contributed by atoms with Gasteiger partial charge < -0.3 is 9.84 Å². The number of aliphatic hydroxyl groups excluding tert-OH is 1. The van der Waals surface area contributed by atoms with Crippen LogP contribution >= 0.6 is 0 Å².